The fourth-order valence-electron chi connectivity index (χ4n) is 2.77. The van der Waals surface area contributed by atoms with Crippen molar-refractivity contribution in [3.05, 3.63) is 11.5 Å². The average molecular weight is 277 g/mol. The van der Waals surface area contributed by atoms with Crippen LogP contribution in [0.25, 0.3) is 0 Å². The van der Waals surface area contributed by atoms with Gasteiger partial charge in [0.15, 0.2) is 11.6 Å². The van der Waals surface area contributed by atoms with Crippen LogP contribution in [0, 0.1) is 0 Å². The van der Waals surface area contributed by atoms with Crippen LogP contribution in [-0.2, 0) is 11.2 Å². The summed E-state index contributed by atoms with van der Waals surface area (Å²) in [6, 6.07) is 0. The molecule has 110 valence electrons. The van der Waals surface area contributed by atoms with E-state index in [0.29, 0.717) is 12.5 Å². The molecular formula is C15H23N3O2. The predicted octanol–water partition coefficient (Wildman–Crippen LogP) is 2.15. The Morgan fingerprint density at radius 2 is 2.20 bits per heavy atom. The fraction of sp³-hybridized carbons (Fsp3) is 0.733. The van der Waals surface area contributed by atoms with Gasteiger partial charge in [0.05, 0.1) is 5.69 Å². The second kappa shape index (κ2) is 5.56. The summed E-state index contributed by atoms with van der Waals surface area (Å²) in [7, 11) is 0. The Morgan fingerprint density at radius 1 is 1.35 bits per heavy atom. The third kappa shape index (κ3) is 2.46. The van der Waals surface area contributed by atoms with Crippen LogP contribution in [0.3, 0.4) is 0 Å². The highest BCUT2D eigenvalue weighted by Crippen LogP contribution is 2.36. The van der Waals surface area contributed by atoms with Gasteiger partial charge in [-0.15, -0.1) is 0 Å². The molecule has 1 fully saturated rings. The molecule has 0 N–H and O–H groups in total. The molecule has 0 aromatic carbocycles. The van der Waals surface area contributed by atoms with E-state index in [4.69, 9.17) is 14.5 Å². The van der Waals surface area contributed by atoms with Crippen LogP contribution < -0.4 is 9.64 Å². The summed E-state index contributed by atoms with van der Waals surface area (Å²) < 4.78 is 11.8. The molecule has 0 spiro atoms. The maximum Gasteiger partial charge on any atom is 0.183 e. The minimum atomic E-state index is 0.136. The third-order valence-corrected chi connectivity index (χ3v) is 3.85. The molecule has 1 aromatic rings. The van der Waals surface area contributed by atoms with Crippen molar-refractivity contribution in [3.8, 4) is 5.75 Å². The van der Waals surface area contributed by atoms with Gasteiger partial charge >= 0.3 is 0 Å². The number of fused-ring (bicyclic) bond motifs is 4. The SMILES string of the molecule is CCc1nc(C(C)C)c2c(n1)N1CCCOC(CO2)C1. The Bertz CT molecular complexity index is 490. The molecule has 0 aliphatic carbocycles. The largest absolute Gasteiger partial charge is 0.485 e. The van der Waals surface area contributed by atoms with E-state index >= 15 is 0 Å². The normalized spacial score (nSPS) is 22.0. The second-order valence-electron chi connectivity index (χ2n) is 5.79. The number of anilines is 1. The molecule has 0 radical (unpaired) electrons. The summed E-state index contributed by atoms with van der Waals surface area (Å²) in [5, 5.41) is 0. The van der Waals surface area contributed by atoms with E-state index in [1.165, 1.54) is 0 Å². The van der Waals surface area contributed by atoms with Gasteiger partial charge in [-0.25, -0.2) is 9.97 Å². The molecule has 2 aliphatic heterocycles. The monoisotopic (exact) mass is 277 g/mol. The Hall–Kier alpha value is -1.36. The molecule has 2 aliphatic rings. The lowest BCUT2D eigenvalue weighted by Gasteiger charge is -2.23. The average Bonchev–Trinajstić information content (AvgIpc) is 2.78. The number of ether oxygens (including phenoxy) is 2. The van der Waals surface area contributed by atoms with E-state index in [-0.39, 0.29) is 6.10 Å². The summed E-state index contributed by atoms with van der Waals surface area (Å²) in [4.78, 5) is 11.7. The van der Waals surface area contributed by atoms with Gasteiger partial charge in [0.2, 0.25) is 0 Å². The lowest BCUT2D eigenvalue weighted by atomic mass is 10.1. The summed E-state index contributed by atoms with van der Waals surface area (Å²) in [6.45, 7) is 9.65. The van der Waals surface area contributed by atoms with Gasteiger partial charge in [0.25, 0.3) is 0 Å². The zero-order chi connectivity index (χ0) is 14.1. The Kier molecular flexibility index (Phi) is 3.78. The topological polar surface area (TPSA) is 47.5 Å². The second-order valence-corrected chi connectivity index (χ2v) is 5.79. The minimum Gasteiger partial charge on any atom is -0.485 e. The molecular weight excluding hydrogens is 254 g/mol. The third-order valence-electron chi connectivity index (χ3n) is 3.85. The first-order valence-electron chi connectivity index (χ1n) is 7.59. The van der Waals surface area contributed by atoms with Crippen molar-refractivity contribution < 1.29 is 9.47 Å². The van der Waals surface area contributed by atoms with E-state index in [1.54, 1.807) is 0 Å². The lowest BCUT2D eigenvalue weighted by molar-refractivity contribution is 0.0363. The Morgan fingerprint density at radius 3 is 2.95 bits per heavy atom. The maximum absolute atomic E-state index is 6.02. The fourth-order valence-corrected chi connectivity index (χ4v) is 2.77. The zero-order valence-corrected chi connectivity index (χ0v) is 12.6. The highest BCUT2D eigenvalue weighted by molar-refractivity contribution is 5.56. The van der Waals surface area contributed by atoms with E-state index in [0.717, 1.165) is 55.6 Å². The first-order valence-corrected chi connectivity index (χ1v) is 7.59. The highest BCUT2D eigenvalue weighted by atomic mass is 16.5. The van der Waals surface area contributed by atoms with Crippen LogP contribution in [0.5, 0.6) is 5.75 Å². The number of aryl methyl sites for hydroxylation is 1. The molecule has 20 heavy (non-hydrogen) atoms. The van der Waals surface area contributed by atoms with Gasteiger partial charge in [-0.2, -0.15) is 0 Å². The molecule has 0 saturated carbocycles. The van der Waals surface area contributed by atoms with Crippen LogP contribution in [0.1, 0.15) is 44.6 Å². The molecule has 5 heteroatoms. The van der Waals surface area contributed by atoms with Crippen molar-refractivity contribution in [1.82, 2.24) is 9.97 Å². The standard InChI is InChI=1S/C15H23N3O2/c1-4-12-16-13(10(2)3)14-15(17-12)18-6-5-7-19-11(8-18)9-20-14/h10-11H,4-9H2,1-3H3. The van der Waals surface area contributed by atoms with Gasteiger partial charge in [-0.1, -0.05) is 20.8 Å². The summed E-state index contributed by atoms with van der Waals surface area (Å²) >= 11 is 0. The number of rotatable bonds is 2. The number of hydrogen-bond acceptors (Lipinski definition) is 5. The molecule has 5 nitrogen and oxygen atoms in total. The summed E-state index contributed by atoms with van der Waals surface area (Å²) in [6.07, 6.45) is 2.02. The van der Waals surface area contributed by atoms with E-state index < -0.39 is 0 Å². The van der Waals surface area contributed by atoms with Gasteiger partial charge < -0.3 is 14.4 Å². The van der Waals surface area contributed by atoms with Gasteiger partial charge in [-0.05, 0) is 12.3 Å². The zero-order valence-electron chi connectivity index (χ0n) is 12.6. The van der Waals surface area contributed by atoms with E-state index in [2.05, 4.69) is 30.7 Å². The lowest BCUT2D eigenvalue weighted by Crippen LogP contribution is -2.32. The number of hydrogen-bond donors (Lipinski definition) is 0. The van der Waals surface area contributed by atoms with Crippen LogP contribution in [0.4, 0.5) is 5.82 Å². The van der Waals surface area contributed by atoms with Gasteiger partial charge in [0.1, 0.15) is 18.5 Å². The minimum absolute atomic E-state index is 0.136. The van der Waals surface area contributed by atoms with Crippen molar-refractivity contribution in [1.29, 1.82) is 0 Å². The highest BCUT2D eigenvalue weighted by Gasteiger charge is 2.30. The smallest absolute Gasteiger partial charge is 0.183 e. The van der Waals surface area contributed by atoms with Crippen LogP contribution >= 0.6 is 0 Å². The van der Waals surface area contributed by atoms with Crippen LogP contribution in [0.2, 0.25) is 0 Å². The van der Waals surface area contributed by atoms with Crippen molar-refractivity contribution in [2.24, 2.45) is 0 Å². The van der Waals surface area contributed by atoms with Crippen LogP contribution in [-0.4, -0.2) is 42.4 Å². The summed E-state index contributed by atoms with van der Waals surface area (Å²) in [5.74, 6) is 3.07. The molecule has 1 aromatic heterocycles. The van der Waals surface area contributed by atoms with Crippen molar-refractivity contribution >= 4 is 5.82 Å². The first kappa shape index (κ1) is 13.6. The predicted molar refractivity (Wildman–Crippen MR) is 77.6 cm³/mol. The Labute approximate surface area is 120 Å². The maximum atomic E-state index is 6.02. The Balaban J connectivity index is 2.09. The molecule has 2 bridgehead atoms. The van der Waals surface area contributed by atoms with Crippen molar-refractivity contribution in [2.45, 2.75) is 45.6 Å². The molecule has 3 rings (SSSR count). The van der Waals surface area contributed by atoms with Crippen LogP contribution in [0.15, 0.2) is 0 Å². The molecule has 0 amide bonds. The molecule has 1 unspecified atom stereocenters. The summed E-state index contributed by atoms with van der Waals surface area (Å²) in [5.41, 5.74) is 1.03. The van der Waals surface area contributed by atoms with E-state index in [9.17, 15) is 0 Å². The van der Waals surface area contributed by atoms with Gasteiger partial charge in [-0.3, -0.25) is 0 Å². The molecule has 1 saturated heterocycles. The molecule has 1 atom stereocenters. The molecule has 3 heterocycles. The quantitative estimate of drug-likeness (QED) is 0.829. The number of nitrogens with zero attached hydrogens (tertiary/aromatic N) is 3. The van der Waals surface area contributed by atoms with E-state index in [1.807, 2.05) is 0 Å². The number of aromatic nitrogens is 2. The first-order chi connectivity index (χ1) is 9.69. The van der Waals surface area contributed by atoms with Crippen molar-refractivity contribution in [2.75, 3.05) is 31.2 Å². The van der Waals surface area contributed by atoms with Crippen molar-refractivity contribution in [3.63, 3.8) is 0 Å². The van der Waals surface area contributed by atoms with Gasteiger partial charge in [0, 0.05) is 26.1 Å².